The fourth-order valence-corrected chi connectivity index (χ4v) is 6.03. The molecule has 1 aromatic heterocycles. The average Bonchev–Trinajstić information content (AvgIpc) is 3.23. The Morgan fingerprint density at radius 1 is 1.22 bits per heavy atom. The Bertz CT molecular complexity index is 1210. The number of halogens is 2. The van der Waals surface area contributed by atoms with Gasteiger partial charge in [0, 0.05) is 26.2 Å². The lowest BCUT2D eigenvalue weighted by Crippen LogP contribution is -2.51. The number of hydrogen-bond acceptors (Lipinski definition) is 5. The molecular weight excluding hydrogens is 475 g/mol. The van der Waals surface area contributed by atoms with Crippen LogP contribution >= 0.6 is 23.4 Å². The Morgan fingerprint density at radius 3 is 2.62 bits per heavy atom. The molecule has 11 heteroatoms. The van der Waals surface area contributed by atoms with Gasteiger partial charge in [-0.2, -0.15) is 4.31 Å². The van der Waals surface area contributed by atoms with Crippen LogP contribution in [0, 0.1) is 5.82 Å². The summed E-state index contributed by atoms with van der Waals surface area (Å²) in [5.74, 6) is 0.381. The highest BCUT2D eigenvalue weighted by Gasteiger charge is 2.30. The van der Waals surface area contributed by atoms with Gasteiger partial charge in [-0.3, -0.25) is 4.79 Å². The van der Waals surface area contributed by atoms with Crippen LogP contribution in [0.2, 0.25) is 5.02 Å². The second-order valence-corrected chi connectivity index (χ2v) is 11.1. The molecule has 7 nitrogen and oxygen atoms in total. The Hall–Kier alpha value is -2.14. The monoisotopic (exact) mass is 496 g/mol. The van der Waals surface area contributed by atoms with Gasteiger partial charge in [0.05, 0.1) is 32.0 Å². The van der Waals surface area contributed by atoms with Gasteiger partial charge >= 0.3 is 0 Å². The molecule has 1 saturated heterocycles. The maximum absolute atomic E-state index is 13.4. The minimum atomic E-state index is -3.80. The smallest absolute Gasteiger partial charge is 0.243 e. The van der Waals surface area contributed by atoms with E-state index >= 15 is 0 Å². The highest BCUT2D eigenvalue weighted by molar-refractivity contribution is 8.00. The van der Waals surface area contributed by atoms with Crippen molar-refractivity contribution in [1.29, 1.82) is 0 Å². The first kappa shape index (κ1) is 23.0. The van der Waals surface area contributed by atoms with Crippen molar-refractivity contribution >= 4 is 50.3 Å². The number of benzene rings is 2. The van der Waals surface area contributed by atoms with Crippen molar-refractivity contribution in [3.05, 3.63) is 59.1 Å². The van der Waals surface area contributed by atoms with Gasteiger partial charge in [-0.05, 0) is 37.3 Å². The van der Waals surface area contributed by atoms with Gasteiger partial charge < -0.3 is 9.88 Å². The number of thioether (sulfide) groups is 1. The number of aromatic nitrogens is 2. The first-order chi connectivity index (χ1) is 15.3. The fraction of sp³-hybridized carbons (Fsp3) is 0.333. The molecule has 0 saturated carbocycles. The van der Waals surface area contributed by atoms with E-state index in [1.807, 2.05) is 31.2 Å². The van der Waals surface area contributed by atoms with Crippen LogP contribution in [-0.2, 0) is 14.8 Å². The molecule has 0 aliphatic carbocycles. The zero-order valence-corrected chi connectivity index (χ0v) is 19.7. The number of piperazine rings is 1. The zero-order chi connectivity index (χ0) is 22.9. The quantitative estimate of drug-likeness (QED) is 0.562. The van der Waals surface area contributed by atoms with Crippen LogP contribution in [0.15, 0.2) is 47.4 Å². The van der Waals surface area contributed by atoms with Crippen LogP contribution in [0.25, 0.3) is 11.0 Å². The highest BCUT2D eigenvalue weighted by atomic mass is 35.5. The molecule has 1 unspecified atom stereocenters. The second kappa shape index (κ2) is 9.38. The summed E-state index contributed by atoms with van der Waals surface area (Å²) in [5.41, 5.74) is 1.85. The predicted molar refractivity (Wildman–Crippen MR) is 124 cm³/mol. The van der Waals surface area contributed by atoms with Crippen molar-refractivity contribution in [3.63, 3.8) is 0 Å². The lowest BCUT2D eigenvalue weighted by atomic mass is 10.3. The van der Waals surface area contributed by atoms with Crippen LogP contribution in [-0.4, -0.2) is 65.4 Å². The predicted octanol–water partition coefficient (Wildman–Crippen LogP) is 3.68. The number of aromatic amines is 1. The minimum absolute atomic E-state index is 0.0104. The Kier molecular flexibility index (Phi) is 6.75. The van der Waals surface area contributed by atoms with Crippen LogP contribution in [0.1, 0.15) is 18.0 Å². The number of carbonyl (C=O) groups excluding carboxylic acids is 1. The van der Waals surface area contributed by atoms with Crippen molar-refractivity contribution < 1.29 is 17.6 Å². The molecule has 32 heavy (non-hydrogen) atoms. The molecular formula is C21H22ClFN4O3S2. The maximum atomic E-state index is 13.4. The van der Waals surface area contributed by atoms with Crippen molar-refractivity contribution in [2.45, 2.75) is 17.1 Å². The van der Waals surface area contributed by atoms with Gasteiger partial charge in [-0.15, -0.1) is 11.8 Å². The summed E-state index contributed by atoms with van der Waals surface area (Å²) in [6, 6.07) is 11.1. The Balaban J connectivity index is 1.31. The van der Waals surface area contributed by atoms with Crippen molar-refractivity contribution in [3.8, 4) is 0 Å². The van der Waals surface area contributed by atoms with Gasteiger partial charge in [0.25, 0.3) is 0 Å². The molecule has 0 radical (unpaired) electrons. The van der Waals surface area contributed by atoms with E-state index in [0.29, 0.717) is 13.1 Å². The summed E-state index contributed by atoms with van der Waals surface area (Å²) in [5, 5.41) is -0.230. The molecule has 1 aliphatic rings. The van der Waals surface area contributed by atoms with E-state index < -0.39 is 15.8 Å². The topological polar surface area (TPSA) is 86.4 Å². The van der Waals surface area contributed by atoms with E-state index in [-0.39, 0.29) is 39.9 Å². The number of nitrogens with one attached hydrogen (secondary N) is 1. The third-order valence-electron chi connectivity index (χ3n) is 5.37. The third kappa shape index (κ3) is 4.78. The number of rotatable bonds is 6. The van der Waals surface area contributed by atoms with Gasteiger partial charge in [-0.1, -0.05) is 23.7 Å². The van der Waals surface area contributed by atoms with E-state index in [0.717, 1.165) is 29.0 Å². The van der Waals surface area contributed by atoms with Gasteiger partial charge in [0.15, 0.2) is 0 Å². The van der Waals surface area contributed by atoms with Crippen molar-refractivity contribution in [1.82, 2.24) is 19.2 Å². The molecule has 1 fully saturated rings. The van der Waals surface area contributed by atoms with Crippen molar-refractivity contribution in [2.75, 3.05) is 31.9 Å². The van der Waals surface area contributed by atoms with Crippen LogP contribution in [0.4, 0.5) is 4.39 Å². The average molecular weight is 497 g/mol. The lowest BCUT2D eigenvalue weighted by Gasteiger charge is -2.34. The summed E-state index contributed by atoms with van der Waals surface area (Å²) in [6.07, 6.45) is 0. The summed E-state index contributed by atoms with van der Waals surface area (Å²) >= 11 is 7.22. The molecule has 2 heterocycles. The fourth-order valence-electron chi connectivity index (χ4n) is 3.50. The molecule has 170 valence electrons. The Morgan fingerprint density at radius 2 is 1.94 bits per heavy atom. The summed E-state index contributed by atoms with van der Waals surface area (Å²) in [4.78, 5) is 22.1. The molecule has 1 amide bonds. The molecule has 3 aromatic rings. The number of sulfonamides is 1. The largest absolute Gasteiger partial charge is 0.341 e. The summed E-state index contributed by atoms with van der Waals surface area (Å²) < 4.78 is 40.3. The number of fused-ring (bicyclic) bond motifs is 1. The lowest BCUT2D eigenvalue weighted by molar-refractivity contribution is -0.129. The van der Waals surface area contributed by atoms with Gasteiger partial charge in [0.2, 0.25) is 15.9 Å². The van der Waals surface area contributed by atoms with E-state index in [1.54, 1.807) is 4.90 Å². The van der Waals surface area contributed by atoms with Crippen molar-refractivity contribution in [2.24, 2.45) is 0 Å². The zero-order valence-electron chi connectivity index (χ0n) is 17.3. The third-order valence-corrected chi connectivity index (χ3v) is 8.69. The maximum Gasteiger partial charge on any atom is 0.243 e. The van der Waals surface area contributed by atoms with Gasteiger partial charge in [0.1, 0.15) is 11.6 Å². The molecule has 1 N–H and O–H groups in total. The number of H-pyrrole nitrogens is 1. The number of nitrogens with zero attached hydrogens (tertiary/aromatic N) is 3. The molecule has 1 atom stereocenters. The summed E-state index contributed by atoms with van der Waals surface area (Å²) in [7, 11) is -3.80. The van der Waals surface area contributed by atoms with Crippen LogP contribution < -0.4 is 0 Å². The Labute approximate surface area is 195 Å². The van der Waals surface area contributed by atoms with Gasteiger partial charge in [-0.25, -0.2) is 17.8 Å². The van der Waals surface area contributed by atoms with Crippen LogP contribution in [0.3, 0.4) is 0 Å². The number of amides is 1. The highest BCUT2D eigenvalue weighted by Crippen LogP contribution is 2.28. The number of para-hydroxylation sites is 2. The molecule has 2 aromatic carbocycles. The van der Waals surface area contributed by atoms with E-state index in [1.165, 1.54) is 22.1 Å². The van der Waals surface area contributed by atoms with Crippen LogP contribution in [0.5, 0.6) is 0 Å². The molecule has 0 bridgehead atoms. The van der Waals surface area contributed by atoms with E-state index in [2.05, 4.69) is 9.97 Å². The first-order valence-corrected chi connectivity index (χ1v) is 12.9. The van der Waals surface area contributed by atoms with E-state index in [9.17, 15) is 17.6 Å². The normalized spacial score (nSPS) is 16.4. The standard InChI is InChI=1S/C21H22ClFN4O3S2/c1-14(21-24-18-4-2-3-5-19(18)25-21)31-13-20(28)26-8-10-27(11-9-26)32(29,30)15-6-7-17(23)16(22)12-15/h2-7,12,14H,8-11,13H2,1H3,(H,24,25). The number of imidazole rings is 1. The second-order valence-electron chi connectivity index (χ2n) is 7.45. The first-order valence-electron chi connectivity index (χ1n) is 10.0. The summed E-state index contributed by atoms with van der Waals surface area (Å²) in [6.45, 7) is 2.94. The number of carbonyl (C=O) groups is 1. The minimum Gasteiger partial charge on any atom is -0.341 e. The SMILES string of the molecule is CC(SCC(=O)N1CCN(S(=O)(=O)c2ccc(F)c(Cl)c2)CC1)c1nc2ccccc2[nH]1. The number of hydrogen-bond donors (Lipinski definition) is 1. The molecule has 4 rings (SSSR count). The van der Waals surface area contributed by atoms with E-state index in [4.69, 9.17) is 11.6 Å². The molecule has 0 spiro atoms. The molecule has 1 aliphatic heterocycles.